The fourth-order valence-electron chi connectivity index (χ4n) is 0.966. The lowest BCUT2D eigenvalue weighted by Crippen LogP contribution is -2.19. The van der Waals surface area contributed by atoms with Crippen molar-refractivity contribution in [2.45, 2.75) is 19.9 Å². The van der Waals surface area contributed by atoms with Gasteiger partial charge in [-0.05, 0) is 6.54 Å². The number of rotatable bonds is 3. The molecule has 1 unspecified atom stereocenters. The van der Waals surface area contributed by atoms with Crippen molar-refractivity contribution >= 4 is 0 Å². The van der Waals surface area contributed by atoms with Crippen LogP contribution in [0.4, 0.5) is 0 Å². The summed E-state index contributed by atoms with van der Waals surface area (Å²) in [5.41, 5.74) is 0.775. The van der Waals surface area contributed by atoms with E-state index in [-0.39, 0.29) is 6.04 Å². The van der Waals surface area contributed by atoms with Gasteiger partial charge in [0.1, 0.15) is 18.0 Å². The van der Waals surface area contributed by atoms with E-state index < -0.39 is 0 Å². The first-order valence-corrected chi connectivity index (χ1v) is 3.89. The first-order chi connectivity index (χ1) is 5.77. The van der Waals surface area contributed by atoms with Crippen LogP contribution in [0.3, 0.4) is 0 Å². The third kappa shape index (κ3) is 1.86. The fourth-order valence-corrected chi connectivity index (χ4v) is 0.966. The van der Waals surface area contributed by atoms with E-state index in [4.69, 9.17) is 10.8 Å². The van der Waals surface area contributed by atoms with E-state index in [0.29, 0.717) is 5.89 Å². The lowest BCUT2D eigenvalue weighted by molar-refractivity contribution is 0.519. The minimum absolute atomic E-state index is 0.132. The van der Waals surface area contributed by atoms with Gasteiger partial charge in [0, 0.05) is 6.92 Å². The van der Waals surface area contributed by atoms with Crippen molar-refractivity contribution in [2.75, 3.05) is 6.54 Å². The van der Waals surface area contributed by atoms with Crippen LogP contribution in [0.2, 0.25) is 0 Å². The molecule has 1 atom stereocenters. The van der Waals surface area contributed by atoms with Crippen LogP contribution >= 0.6 is 0 Å². The second kappa shape index (κ2) is 3.93. The van der Waals surface area contributed by atoms with Gasteiger partial charge in [0.25, 0.3) is 0 Å². The van der Waals surface area contributed by atoms with Crippen LogP contribution in [-0.4, -0.2) is 11.5 Å². The summed E-state index contributed by atoms with van der Waals surface area (Å²) in [6.45, 7) is 4.61. The number of oxazole rings is 1. The molecule has 1 heterocycles. The molecule has 1 aromatic heterocycles. The SMILES string of the molecule is C#CC(NCC)c1coc(C)n1. The van der Waals surface area contributed by atoms with Gasteiger partial charge in [-0.1, -0.05) is 12.8 Å². The number of nitrogens with one attached hydrogen (secondary N) is 1. The third-order valence-corrected chi connectivity index (χ3v) is 1.51. The van der Waals surface area contributed by atoms with Crippen LogP contribution in [0.15, 0.2) is 10.7 Å². The van der Waals surface area contributed by atoms with E-state index in [9.17, 15) is 0 Å². The van der Waals surface area contributed by atoms with Crippen LogP contribution in [0, 0.1) is 19.3 Å². The van der Waals surface area contributed by atoms with Crippen molar-refractivity contribution in [3.05, 3.63) is 17.8 Å². The fraction of sp³-hybridized carbons (Fsp3) is 0.444. The van der Waals surface area contributed by atoms with E-state index in [1.165, 1.54) is 0 Å². The van der Waals surface area contributed by atoms with E-state index >= 15 is 0 Å². The summed E-state index contributed by atoms with van der Waals surface area (Å²) < 4.78 is 5.05. The zero-order valence-corrected chi connectivity index (χ0v) is 7.29. The van der Waals surface area contributed by atoms with Crippen LogP contribution in [-0.2, 0) is 0 Å². The average Bonchev–Trinajstić information content (AvgIpc) is 2.47. The maximum Gasteiger partial charge on any atom is 0.191 e. The molecule has 0 bridgehead atoms. The maximum atomic E-state index is 5.31. The van der Waals surface area contributed by atoms with E-state index in [1.54, 1.807) is 13.2 Å². The molecule has 0 aliphatic heterocycles. The number of nitrogens with zero attached hydrogens (tertiary/aromatic N) is 1. The van der Waals surface area contributed by atoms with Crippen molar-refractivity contribution in [3.8, 4) is 12.3 Å². The van der Waals surface area contributed by atoms with Crippen molar-refractivity contribution in [1.29, 1.82) is 0 Å². The predicted molar refractivity (Wildman–Crippen MR) is 46.5 cm³/mol. The molecule has 0 saturated carbocycles. The summed E-state index contributed by atoms with van der Waals surface area (Å²) in [7, 11) is 0. The quantitative estimate of drug-likeness (QED) is 0.683. The lowest BCUT2D eigenvalue weighted by Gasteiger charge is -2.06. The molecular formula is C9H12N2O. The van der Waals surface area contributed by atoms with Gasteiger partial charge in [-0.15, -0.1) is 6.42 Å². The molecule has 0 spiro atoms. The minimum Gasteiger partial charge on any atom is -0.449 e. The zero-order chi connectivity index (χ0) is 8.97. The Kier molecular flexibility index (Phi) is 2.89. The lowest BCUT2D eigenvalue weighted by atomic mass is 10.2. The molecule has 3 nitrogen and oxygen atoms in total. The second-order valence-corrected chi connectivity index (χ2v) is 2.45. The largest absolute Gasteiger partial charge is 0.449 e. The Balaban J connectivity index is 2.74. The Morgan fingerprint density at radius 1 is 1.83 bits per heavy atom. The Morgan fingerprint density at radius 3 is 3.00 bits per heavy atom. The first-order valence-electron chi connectivity index (χ1n) is 3.89. The molecule has 0 aromatic carbocycles. The van der Waals surface area contributed by atoms with Gasteiger partial charge in [0.15, 0.2) is 5.89 Å². The van der Waals surface area contributed by atoms with Crippen molar-refractivity contribution in [1.82, 2.24) is 10.3 Å². The highest BCUT2D eigenvalue weighted by molar-refractivity contribution is 5.14. The summed E-state index contributed by atoms with van der Waals surface area (Å²) in [6, 6.07) is -0.132. The van der Waals surface area contributed by atoms with Gasteiger partial charge in [-0.25, -0.2) is 4.98 Å². The Bertz CT molecular complexity index is 285. The summed E-state index contributed by atoms with van der Waals surface area (Å²) in [6.07, 6.45) is 6.89. The molecule has 0 aliphatic carbocycles. The molecule has 0 amide bonds. The minimum atomic E-state index is -0.132. The third-order valence-electron chi connectivity index (χ3n) is 1.51. The number of aryl methyl sites for hydroxylation is 1. The summed E-state index contributed by atoms with van der Waals surface area (Å²) in [5, 5.41) is 3.10. The molecule has 1 N–H and O–H groups in total. The van der Waals surface area contributed by atoms with Gasteiger partial charge >= 0.3 is 0 Å². The standard InChI is InChI=1S/C9H12N2O/c1-4-8(10-5-2)9-6-12-7(3)11-9/h1,6,8,10H,5H2,2-3H3. The topological polar surface area (TPSA) is 38.1 Å². The van der Waals surface area contributed by atoms with Crippen LogP contribution in [0.1, 0.15) is 24.6 Å². The molecule has 3 heteroatoms. The van der Waals surface area contributed by atoms with Crippen LogP contribution < -0.4 is 5.32 Å². The summed E-state index contributed by atoms with van der Waals surface area (Å²) in [4.78, 5) is 4.13. The smallest absolute Gasteiger partial charge is 0.191 e. The van der Waals surface area contributed by atoms with E-state index in [2.05, 4.69) is 16.2 Å². The highest BCUT2D eigenvalue weighted by Crippen LogP contribution is 2.10. The van der Waals surface area contributed by atoms with Crippen molar-refractivity contribution in [2.24, 2.45) is 0 Å². The molecule has 12 heavy (non-hydrogen) atoms. The normalized spacial score (nSPS) is 12.4. The number of terminal acetylenes is 1. The molecule has 0 radical (unpaired) electrons. The van der Waals surface area contributed by atoms with Crippen LogP contribution in [0.5, 0.6) is 0 Å². The van der Waals surface area contributed by atoms with Gasteiger partial charge < -0.3 is 4.42 Å². The molecule has 1 rings (SSSR count). The Labute approximate surface area is 72.2 Å². The molecule has 0 fully saturated rings. The van der Waals surface area contributed by atoms with E-state index in [0.717, 1.165) is 12.2 Å². The zero-order valence-electron chi connectivity index (χ0n) is 7.29. The predicted octanol–water partition coefficient (Wildman–Crippen LogP) is 1.27. The summed E-state index contributed by atoms with van der Waals surface area (Å²) >= 11 is 0. The van der Waals surface area contributed by atoms with Gasteiger partial charge in [-0.3, -0.25) is 5.32 Å². The number of hydrogen-bond acceptors (Lipinski definition) is 3. The van der Waals surface area contributed by atoms with Crippen molar-refractivity contribution in [3.63, 3.8) is 0 Å². The molecule has 0 aliphatic rings. The highest BCUT2D eigenvalue weighted by Gasteiger charge is 2.09. The average molecular weight is 164 g/mol. The molecule has 64 valence electrons. The van der Waals surface area contributed by atoms with Gasteiger partial charge in [-0.2, -0.15) is 0 Å². The Hall–Kier alpha value is -1.27. The maximum absolute atomic E-state index is 5.31. The Morgan fingerprint density at radius 2 is 2.58 bits per heavy atom. The highest BCUT2D eigenvalue weighted by atomic mass is 16.3. The monoisotopic (exact) mass is 164 g/mol. The van der Waals surface area contributed by atoms with E-state index in [1.807, 2.05) is 6.92 Å². The van der Waals surface area contributed by atoms with Gasteiger partial charge in [0.05, 0.1) is 0 Å². The second-order valence-electron chi connectivity index (χ2n) is 2.45. The number of aromatic nitrogens is 1. The molecule has 0 saturated heterocycles. The van der Waals surface area contributed by atoms with Crippen LogP contribution in [0.25, 0.3) is 0 Å². The molecule has 1 aromatic rings. The number of hydrogen-bond donors (Lipinski definition) is 1. The molecular weight excluding hydrogens is 152 g/mol. The summed E-state index contributed by atoms with van der Waals surface area (Å²) in [5.74, 6) is 3.24. The van der Waals surface area contributed by atoms with Gasteiger partial charge in [0.2, 0.25) is 0 Å². The first kappa shape index (κ1) is 8.82. The van der Waals surface area contributed by atoms with Crippen molar-refractivity contribution < 1.29 is 4.42 Å².